The number of nitrogens with zero attached hydrogens (tertiary/aromatic N) is 4. The Bertz CT molecular complexity index is 1400. The molecule has 1 amide bonds. The fraction of sp³-hybridized carbons (Fsp3) is 0.167. The van der Waals surface area contributed by atoms with Crippen LogP contribution in [0, 0.1) is 13.8 Å². The third kappa shape index (κ3) is 3.66. The van der Waals surface area contributed by atoms with Crippen molar-refractivity contribution >= 4 is 28.0 Å². The van der Waals surface area contributed by atoms with Gasteiger partial charge in [0.2, 0.25) is 5.65 Å². The third-order valence-corrected chi connectivity index (χ3v) is 5.31. The number of carbonyl (C=O) groups excluding carboxylic acids is 1. The highest BCUT2D eigenvalue weighted by atomic mass is 16.3. The maximum atomic E-state index is 12.8. The van der Waals surface area contributed by atoms with Crippen molar-refractivity contribution in [2.75, 3.05) is 0 Å². The Balaban J connectivity index is 1.53. The lowest BCUT2D eigenvalue weighted by atomic mass is 10.1. The average molecular weight is 411 g/mol. The van der Waals surface area contributed by atoms with Gasteiger partial charge in [0.25, 0.3) is 5.91 Å². The molecule has 0 aliphatic heterocycles. The van der Waals surface area contributed by atoms with E-state index in [-0.39, 0.29) is 5.91 Å². The minimum absolute atomic E-state index is 0.174. The fourth-order valence-corrected chi connectivity index (χ4v) is 3.75. The number of fused-ring (bicyclic) bond motifs is 3. The number of benzene rings is 2. The highest BCUT2D eigenvalue weighted by Crippen LogP contribution is 2.25. The lowest BCUT2D eigenvalue weighted by Gasteiger charge is -2.09. The van der Waals surface area contributed by atoms with Crippen molar-refractivity contribution in [3.8, 4) is 0 Å². The van der Waals surface area contributed by atoms with Crippen LogP contribution in [0.5, 0.6) is 0 Å². The van der Waals surface area contributed by atoms with Gasteiger partial charge in [-0.2, -0.15) is 0 Å². The molecule has 0 unspecified atom stereocenters. The van der Waals surface area contributed by atoms with Crippen LogP contribution in [-0.2, 0) is 13.1 Å². The lowest BCUT2D eigenvalue weighted by molar-refractivity contribution is 0.0948. The van der Waals surface area contributed by atoms with Gasteiger partial charge in [-0.05, 0) is 49.7 Å². The molecule has 7 nitrogen and oxygen atoms in total. The SMILES string of the molecule is Cc1ccc(CNC(=O)c2ccc3nnc4nc(C)n(Cc5ccccc5)c4c3c2)o1. The van der Waals surface area contributed by atoms with Crippen LogP contribution in [0.4, 0.5) is 0 Å². The summed E-state index contributed by atoms with van der Waals surface area (Å²) in [6.07, 6.45) is 0. The Kier molecular flexibility index (Phi) is 4.71. The summed E-state index contributed by atoms with van der Waals surface area (Å²) in [5.41, 5.74) is 3.89. The molecule has 0 bridgehead atoms. The molecule has 7 heteroatoms. The highest BCUT2D eigenvalue weighted by Gasteiger charge is 2.16. The zero-order chi connectivity index (χ0) is 21.4. The molecule has 31 heavy (non-hydrogen) atoms. The topological polar surface area (TPSA) is 85.8 Å². The summed E-state index contributed by atoms with van der Waals surface area (Å²) >= 11 is 0. The quantitative estimate of drug-likeness (QED) is 0.469. The highest BCUT2D eigenvalue weighted by molar-refractivity contribution is 6.05. The first kappa shape index (κ1) is 19.0. The van der Waals surface area contributed by atoms with E-state index < -0.39 is 0 Å². The first-order valence-corrected chi connectivity index (χ1v) is 10.1. The zero-order valence-corrected chi connectivity index (χ0v) is 17.3. The van der Waals surface area contributed by atoms with Crippen LogP contribution in [0.25, 0.3) is 22.1 Å². The van der Waals surface area contributed by atoms with Gasteiger partial charge >= 0.3 is 0 Å². The Morgan fingerprint density at radius 2 is 1.87 bits per heavy atom. The second kappa shape index (κ2) is 7.68. The van der Waals surface area contributed by atoms with Crippen molar-refractivity contribution in [2.45, 2.75) is 26.9 Å². The Morgan fingerprint density at radius 3 is 2.65 bits per heavy atom. The summed E-state index contributed by atoms with van der Waals surface area (Å²) in [6, 6.07) is 19.4. The summed E-state index contributed by atoms with van der Waals surface area (Å²) < 4.78 is 7.65. The van der Waals surface area contributed by atoms with E-state index in [0.717, 1.165) is 39.3 Å². The van der Waals surface area contributed by atoms with Gasteiger partial charge in [-0.25, -0.2) is 4.98 Å². The van der Waals surface area contributed by atoms with Crippen LogP contribution in [-0.4, -0.2) is 25.7 Å². The van der Waals surface area contributed by atoms with Crippen molar-refractivity contribution < 1.29 is 9.21 Å². The molecule has 0 saturated heterocycles. The summed E-state index contributed by atoms with van der Waals surface area (Å²) in [4.78, 5) is 17.4. The maximum Gasteiger partial charge on any atom is 0.251 e. The van der Waals surface area contributed by atoms with E-state index in [2.05, 4.69) is 37.2 Å². The minimum atomic E-state index is -0.174. The van der Waals surface area contributed by atoms with E-state index in [1.807, 2.05) is 56.3 Å². The number of hydrogen-bond acceptors (Lipinski definition) is 5. The summed E-state index contributed by atoms with van der Waals surface area (Å²) in [5.74, 6) is 2.21. The first-order chi connectivity index (χ1) is 15.1. The number of amides is 1. The van der Waals surface area contributed by atoms with Crippen LogP contribution in [0.3, 0.4) is 0 Å². The molecule has 2 aromatic carbocycles. The van der Waals surface area contributed by atoms with Crippen molar-refractivity contribution in [1.82, 2.24) is 25.1 Å². The summed E-state index contributed by atoms with van der Waals surface area (Å²) in [7, 11) is 0. The normalized spacial score (nSPS) is 11.3. The van der Waals surface area contributed by atoms with Crippen LogP contribution in [0.15, 0.2) is 65.1 Å². The molecule has 0 atom stereocenters. The van der Waals surface area contributed by atoms with Crippen LogP contribution < -0.4 is 5.32 Å². The van der Waals surface area contributed by atoms with E-state index in [4.69, 9.17) is 4.42 Å². The van der Waals surface area contributed by atoms with Gasteiger partial charge in [0.15, 0.2) is 0 Å². The van der Waals surface area contributed by atoms with Crippen molar-refractivity contribution in [3.05, 3.63) is 89.1 Å². The number of imidazole rings is 1. The molecule has 0 aliphatic rings. The van der Waals surface area contributed by atoms with E-state index in [9.17, 15) is 4.79 Å². The minimum Gasteiger partial charge on any atom is -0.465 e. The van der Waals surface area contributed by atoms with Gasteiger partial charge in [-0.3, -0.25) is 4.79 Å². The number of rotatable bonds is 5. The van der Waals surface area contributed by atoms with Crippen molar-refractivity contribution in [1.29, 1.82) is 0 Å². The number of carbonyl (C=O) groups is 1. The Labute approximate surface area is 178 Å². The molecule has 0 fully saturated rings. The van der Waals surface area contributed by atoms with Crippen molar-refractivity contribution in [3.63, 3.8) is 0 Å². The molecular weight excluding hydrogens is 390 g/mol. The monoisotopic (exact) mass is 411 g/mol. The third-order valence-electron chi connectivity index (χ3n) is 5.31. The maximum absolute atomic E-state index is 12.8. The second-order valence-corrected chi connectivity index (χ2v) is 7.53. The molecule has 3 heterocycles. The van der Waals surface area contributed by atoms with Crippen molar-refractivity contribution in [2.24, 2.45) is 0 Å². The molecule has 0 saturated carbocycles. The second-order valence-electron chi connectivity index (χ2n) is 7.53. The van der Waals surface area contributed by atoms with Gasteiger partial charge in [0, 0.05) is 17.5 Å². The molecule has 5 aromatic rings. The van der Waals surface area contributed by atoms with Crippen LogP contribution in [0.1, 0.15) is 33.3 Å². The standard InChI is InChI=1S/C24H21N5O2/c1-15-8-10-19(31-15)13-25-24(30)18-9-11-21-20(12-18)22-23(28-27-21)26-16(2)29(22)14-17-6-4-3-5-7-17/h3-12H,13-14H2,1-2H3,(H,25,30). The molecule has 154 valence electrons. The number of aromatic nitrogens is 4. The average Bonchev–Trinajstić information content (AvgIpc) is 3.35. The zero-order valence-electron chi connectivity index (χ0n) is 17.3. The van der Waals surface area contributed by atoms with Crippen LogP contribution >= 0.6 is 0 Å². The number of nitrogens with one attached hydrogen (secondary N) is 1. The van der Waals surface area contributed by atoms with E-state index >= 15 is 0 Å². The predicted octanol–water partition coefficient (Wildman–Crippen LogP) is 4.17. The largest absolute Gasteiger partial charge is 0.465 e. The number of aryl methyl sites for hydroxylation is 2. The Hall–Kier alpha value is -4.00. The van der Waals surface area contributed by atoms with Gasteiger partial charge in [0.1, 0.15) is 17.3 Å². The van der Waals surface area contributed by atoms with E-state index in [1.54, 1.807) is 6.07 Å². The molecule has 0 radical (unpaired) electrons. The van der Waals surface area contributed by atoms with Gasteiger partial charge in [-0.1, -0.05) is 30.3 Å². The first-order valence-electron chi connectivity index (χ1n) is 10.1. The number of hydrogen-bond donors (Lipinski definition) is 1. The van der Waals surface area contributed by atoms with E-state index in [1.165, 1.54) is 0 Å². The Morgan fingerprint density at radius 1 is 1.03 bits per heavy atom. The lowest BCUT2D eigenvalue weighted by Crippen LogP contribution is -2.22. The van der Waals surface area contributed by atoms with E-state index in [0.29, 0.717) is 24.3 Å². The van der Waals surface area contributed by atoms with Crippen LogP contribution in [0.2, 0.25) is 0 Å². The van der Waals surface area contributed by atoms with Gasteiger partial charge < -0.3 is 14.3 Å². The molecule has 0 aliphatic carbocycles. The molecule has 3 aromatic heterocycles. The fourth-order valence-electron chi connectivity index (χ4n) is 3.75. The molecule has 0 spiro atoms. The molecule has 1 N–H and O–H groups in total. The smallest absolute Gasteiger partial charge is 0.251 e. The summed E-state index contributed by atoms with van der Waals surface area (Å²) in [6.45, 7) is 4.83. The summed E-state index contributed by atoms with van der Waals surface area (Å²) in [5, 5.41) is 12.3. The molecule has 5 rings (SSSR count). The number of furan rings is 1. The van der Waals surface area contributed by atoms with Gasteiger partial charge in [0.05, 0.1) is 17.6 Å². The van der Waals surface area contributed by atoms with Gasteiger partial charge in [-0.15, -0.1) is 10.2 Å². The molecular formula is C24H21N5O2. The predicted molar refractivity (Wildman–Crippen MR) is 118 cm³/mol.